The van der Waals surface area contributed by atoms with Crippen LogP contribution in [0.2, 0.25) is 0 Å². The van der Waals surface area contributed by atoms with E-state index >= 15 is 4.39 Å². The number of benzene rings is 1. The average molecular weight is 589 g/mol. The first-order valence-corrected chi connectivity index (χ1v) is 15.5. The van der Waals surface area contributed by atoms with E-state index in [1.165, 1.54) is 19.6 Å². The van der Waals surface area contributed by atoms with Crippen LogP contribution in [-0.4, -0.2) is 61.9 Å². The molecule has 0 spiro atoms. The summed E-state index contributed by atoms with van der Waals surface area (Å²) in [6, 6.07) is 2.23. The minimum atomic E-state index is -0.839. The zero-order chi connectivity index (χ0) is 30.1. The van der Waals surface area contributed by atoms with Crippen molar-refractivity contribution in [3.8, 4) is 11.5 Å². The van der Waals surface area contributed by atoms with Crippen LogP contribution in [0.4, 0.5) is 4.39 Å². The average Bonchev–Trinajstić information content (AvgIpc) is 3.55. The Morgan fingerprint density at radius 3 is 2.36 bits per heavy atom. The second-order valence-electron chi connectivity index (χ2n) is 13.5. The summed E-state index contributed by atoms with van der Waals surface area (Å²) in [4.78, 5) is 38.8. The van der Waals surface area contributed by atoms with Crippen molar-refractivity contribution in [2.24, 2.45) is 28.6 Å². The largest absolute Gasteiger partial charge is 0.490 e. The van der Waals surface area contributed by atoms with Gasteiger partial charge < -0.3 is 30.0 Å². The van der Waals surface area contributed by atoms with Gasteiger partial charge in [-0.1, -0.05) is 13.3 Å². The lowest BCUT2D eigenvalue weighted by molar-refractivity contribution is -0.150. The van der Waals surface area contributed by atoms with Gasteiger partial charge in [0.2, 0.25) is 5.91 Å². The number of methoxy groups -OCH3 is 1. The number of ether oxygens (including phenoxy) is 3. The zero-order valence-corrected chi connectivity index (χ0v) is 25.0. The normalized spacial score (nSPS) is 31.2. The minimum absolute atomic E-state index is 0.00554. The third kappa shape index (κ3) is 6.38. The van der Waals surface area contributed by atoms with Crippen molar-refractivity contribution < 1.29 is 38.1 Å². The Kier molecular flexibility index (Phi) is 9.02. The SMILES string of the molecule is COCCOc1cc(F)c(OC2CCC(C)(C(=O)O)CC2)cc1C(=O)N[C@@H]1[C@H]2CC[C@H](C2)[C@@H]1C(=O)NCC1(C)CCC1. The Morgan fingerprint density at radius 2 is 1.71 bits per heavy atom. The quantitative estimate of drug-likeness (QED) is 0.302. The number of fused-ring (bicyclic) bond motifs is 2. The third-order valence-electron chi connectivity index (χ3n) is 10.4. The van der Waals surface area contributed by atoms with Gasteiger partial charge in [-0.05, 0) is 88.0 Å². The molecule has 0 aliphatic heterocycles. The number of carbonyl (C=O) groups is 3. The molecular formula is C32H45FN2O7. The van der Waals surface area contributed by atoms with Crippen LogP contribution in [-0.2, 0) is 14.3 Å². The van der Waals surface area contributed by atoms with Gasteiger partial charge in [0, 0.05) is 25.8 Å². The van der Waals surface area contributed by atoms with E-state index in [1.807, 2.05) is 0 Å². The Bertz CT molecular complexity index is 1180. The van der Waals surface area contributed by atoms with Crippen molar-refractivity contribution in [2.75, 3.05) is 26.9 Å². The van der Waals surface area contributed by atoms with E-state index in [4.69, 9.17) is 14.2 Å². The van der Waals surface area contributed by atoms with Gasteiger partial charge >= 0.3 is 5.97 Å². The molecule has 232 valence electrons. The van der Waals surface area contributed by atoms with Gasteiger partial charge in [-0.3, -0.25) is 14.4 Å². The van der Waals surface area contributed by atoms with E-state index in [0.29, 0.717) is 32.2 Å². The molecule has 0 aromatic heterocycles. The molecule has 0 heterocycles. The maximum absolute atomic E-state index is 15.2. The predicted octanol–water partition coefficient (Wildman–Crippen LogP) is 4.71. The molecule has 10 heteroatoms. The molecule has 5 rings (SSSR count). The second kappa shape index (κ2) is 12.4. The first-order chi connectivity index (χ1) is 20.0. The summed E-state index contributed by atoms with van der Waals surface area (Å²) >= 11 is 0. The summed E-state index contributed by atoms with van der Waals surface area (Å²) in [5.74, 6) is -1.76. The highest BCUT2D eigenvalue weighted by Gasteiger charge is 2.52. The number of hydrogen-bond donors (Lipinski definition) is 3. The Labute approximate surface area is 247 Å². The predicted molar refractivity (Wildman–Crippen MR) is 153 cm³/mol. The highest BCUT2D eigenvalue weighted by Crippen LogP contribution is 2.49. The van der Waals surface area contributed by atoms with Gasteiger partial charge in [-0.25, -0.2) is 4.39 Å². The Morgan fingerprint density at radius 1 is 1.00 bits per heavy atom. The van der Waals surface area contributed by atoms with Crippen LogP contribution in [0.3, 0.4) is 0 Å². The molecule has 4 aliphatic rings. The fourth-order valence-corrected chi connectivity index (χ4v) is 7.38. The first kappa shape index (κ1) is 30.6. The summed E-state index contributed by atoms with van der Waals surface area (Å²) in [6.07, 6.45) is 7.70. The van der Waals surface area contributed by atoms with Crippen LogP contribution in [0.1, 0.15) is 88.4 Å². The number of nitrogens with one attached hydrogen (secondary N) is 2. The molecule has 4 aliphatic carbocycles. The first-order valence-electron chi connectivity index (χ1n) is 15.5. The van der Waals surface area contributed by atoms with Crippen LogP contribution < -0.4 is 20.1 Å². The Balaban J connectivity index is 1.31. The molecule has 0 unspecified atom stereocenters. The summed E-state index contributed by atoms with van der Waals surface area (Å²) in [7, 11) is 1.53. The van der Waals surface area contributed by atoms with Gasteiger partial charge in [-0.2, -0.15) is 0 Å². The number of carbonyl (C=O) groups excluding carboxylic acids is 2. The molecule has 4 atom stereocenters. The van der Waals surface area contributed by atoms with Crippen molar-refractivity contribution in [3.63, 3.8) is 0 Å². The van der Waals surface area contributed by atoms with E-state index < -0.39 is 23.1 Å². The summed E-state index contributed by atoms with van der Waals surface area (Å²) in [5, 5.41) is 15.8. The molecule has 1 aromatic rings. The number of halogens is 1. The molecule has 2 bridgehead atoms. The molecule has 42 heavy (non-hydrogen) atoms. The standard InChI is InChI=1S/C32H45FN2O7/c1-31(9-4-10-31)18-34-29(37)26-19-5-6-20(15-19)27(26)35-28(36)22-16-25(23(33)17-24(22)41-14-13-40-3)42-21-7-11-32(2,12-8-21)30(38)39/h16-17,19-21,26-27H,4-15,18H2,1-3H3,(H,34,37)(H,35,36)(H,38,39)/t19-,20+,21?,26+,27-,32?/m1/s1. The maximum atomic E-state index is 15.2. The molecule has 0 saturated heterocycles. The maximum Gasteiger partial charge on any atom is 0.309 e. The van der Waals surface area contributed by atoms with Crippen molar-refractivity contribution in [1.29, 1.82) is 0 Å². The molecular weight excluding hydrogens is 543 g/mol. The highest BCUT2D eigenvalue weighted by atomic mass is 19.1. The van der Waals surface area contributed by atoms with Gasteiger partial charge in [0.25, 0.3) is 5.91 Å². The molecule has 4 saturated carbocycles. The monoisotopic (exact) mass is 588 g/mol. The number of rotatable bonds is 12. The van der Waals surface area contributed by atoms with Gasteiger partial charge in [0.1, 0.15) is 12.4 Å². The number of amides is 2. The lowest BCUT2D eigenvalue weighted by Crippen LogP contribution is -2.51. The van der Waals surface area contributed by atoms with E-state index in [9.17, 15) is 19.5 Å². The number of hydrogen-bond acceptors (Lipinski definition) is 6. The molecule has 0 radical (unpaired) electrons. The number of carboxylic acid groups (broad SMARTS) is 1. The molecule has 4 fully saturated rings. The fraction of sp³-hybridized carbons (Fsp3) is 0.719. The smallest absolute Gasteiger partial charge is 0.309 e. The zero-order valence-electron chi connectivity index (χ0n) is 25.0. The van der Waals surface area contributed by atoms with Crippen LogP contribution in [0.5, 0.6) is 11.5 Å². The summed E-state index contributed by atoms with van der Waals surface area (Å²) < 4.78 is 32.0. The van der Waals surface area contributed by atoms with Crippen molar-refractivity contribution in [1.82, 2.24) is 10.6 Å². The minimum Gasteiger partial charge on any atom is -0.490 e. The van der Waals surface area contributed by atoms with E-state index in [0.717, 1.165) is 38.2 Å². The van der Waals surface area contributed by atoms with Crippen molar-refractivity contribution in [3.05, 3.63) is 23.5 Å². The summed E-state index contributed by atoms with van der Waals surface area (Å²) in [5.41, 5.74) is -0.519. The van der Waals surface area contributed by atoms with E-state index in [-0.39, 0.29) is 71.5 Å². The van der Waals surface area contributed by atoms with Gasteiger partial charge in [-0.15, -0.1) is 0 Å². The molecule has 3 N–H and O–H groups in total. The lowest BCUT2D eigenvalue weighted by atomic mass is 9.70. The van der Waals surface area contributed by atoms with E-state index in [2.05, 4.69) is 17.6 Å². The Hall–Kier alpha value is -2.88. The van der Waals surface area contributed by atoms with Crippen molar-refractivity contribution >= 4 is 17.8 Å². The lowest BCUT2D eigenvalue weighted by Gasteiger charge is -2.39. The highest BCUT2D eigenvalue weighted by molar-refractivity contribution is 5.98. The number of carboxylic acids is 1. The fourth-order valence-electron chi connectivity index (χ4n) is 7.38. The van der Waals surface area contributed by atoms with Crippen molar-refractivity contribution in [2.45, 2.75) is 90.2 Å². The van der Waals surface area contributed by atoms with Crippen LogP contribution in [0.25, 0.3) is 0 Å². The van der Waals surface area contributed by atoms with Gasteiger partial charge in [0.15, 0.2) is 11.6 Å². The topological polar surface area (TPSA) is 123 Å². The molecule has 1 aromatic carbocycles. The third-order valence-corrected chi connectivity index (χ3v) is 10.4. The van der Waals surface area contributed by atoms with E-state index in [1.54, 1.807) is 6.92 Å². The number of aliphatic carboxylic acids is 1. The molecule has 2 amide bonds. The van der Waals surface area contributed by atoms with Crippen LogP contribution >= 0.6 is 0 Å². The second-order valence-corrected chi connectivity index (χ2v) is 13.5. The summed E-state index contributed by atoms with van der Waals surface area (Å²) in [6.45, 7) is 4.97. The van der Waals surface area contributed by atoms with Gasteiger partial charge in [0.05, 0.1) is 29.6 Å². The van der Waals surface area contributed by atoms with Crippen LogP contribution in [0.15, 0.2) is 12.1 Å². The van der Waals surface area contributed by atoms with Crippen LogP contribution in [0, 0.1) is 34.4 Å². The molecule has 9 nitrogen and oxygen atoms in total.